The van der Waals surface area contributed by atoms with Gasteiger partial charge in [-0.2, -0.15) is 5.10 Å². The fourth-order valence-electron chi connectivity index (χ4n) is 2.06. The van der Waals surface area contributed by atoms with E-state index in [1.165, 1.54) is 4.31 Å². The first-order chi connectivity index (χ1) is 9.81. The largest absolute Gasteiger partial charge is 0.312 e. The third kappa shape index (κ3) is 3.58. The quantitative estimate of drug-likeness (QED) is 0.774. The van der Waals surface area contributed by atoms with Gasteiger partial charge in [0.1, 0.15) is 0 Å². The Labute approximate surface area is 125 Å². The molecule has 0 fully saturated rings. The van der Waals surface area contributed by atoms with Crippen LogP contribution in [0.2, 0.25) is 0 Å². The van der Waals surface area contributed by atoms with Gasteiger partial charge in [-0.1, -0.05) is 0 Å². The van der Waals surface area contributed by atoms with Gasteiger partial charge in [0.05, 0.1) is 11.4 Å². The van der Waals surface area contributed by atoms with E-state index >= 15 is 0 Å². The SMILES string of the molecule is Cc1nn(C)c2ncc(CNCCS(=O)(=O)N(C)C)cc12. The molecule has 0 saturated heterocycles. The van der Waals surface area contributed by atoms with Gasteiger partial charge in [-0.25, -0.2) is 17.7 Å². The van der Waals surface area contributed by atoms with Gasteiger partial charge in [0.25, 0.3) is 0 Å². The zero-order valence-electron chi connectivity index (χ0n) is 12.8. The fraction of sp³-hybridized carbons (Fsp3) is 0.538. The summed E-state index contributed by atoms with van der Waals surface area (Å²) in [6, 6.07) is 2.04. The predicted molar refractivity (Wildman–Crippen MR) is 82.4 cm³/mol. The number of pyridine rings is 1. The molecule has 2 aromatic rings. The first-order valence-corrected chi connectivity index (χ1v) is 8.31. The van der Waals surface area contributed by atoms with Crippen molar-refractivity contribution in [3.8, 4) is 0 Å². The Hall–Kier alpha value is -1.51. The van der Waals surface area contributed by atoms with Gasteiger partial charge in [0.15, 0.2) is 5.65 Å². The summed E-state index contributed by atoms with van der Waals surface area (Å²) in [6.07, 6.45) is 1.79. The van der Waals surface area contributed by atoms with Crippen molar-refractivity contribution in [2.45, 2.75) is 13.5 Å². The topological polar surface area (TPSA) is 80.1 Å². The van der Waals surface area contributed by atoms with E-state index in [-0.39, 0.29) is 5.75 Å². The maximum Gasteiger partial charge on any atom is 0.214 e. The summed E-state index contributed by atoms with van der Waals surface area (Å²) in [4.78, 5) is 4.39. The normalized spacial score (nSPS) is 12.4. The number of aryl methyl sites for hydroxylation is 2. The molecule has 0 atom stereocenters. The number of hydrogen-bond acceptors (Lipinski definition) is 5. The van der Waals surface area contributed by atoms with Gasteiger partial charge in [-0.3, -0.25) is 4.68 Å². The molecule has 2 aromatic heterocycles. The van der Waals surface area contributed by atoms with Crippen LogP contribution in [0.4, 0.5) is 0 Å². The minimum Gasteiger partial charge on any atom is -0.312 e. The van der Waals surface area contributed by atoms with Gasteiger partial charge < -0.3 is 5.32 Å². The van der Waals surface area contributed by atoms with E-state index in [9.17, 15) is 8.42 Å². The number of rotatable bonds is 6. The summed E-state index contributed by atoms with van der Waals surface area (Å²) in [5.74, 6) is 0.0849. The smallest absolute Gasteiger partial charge is 0.214 e. The molecule has 21 heavy (non-hydrogen) atoms. The van der Waals surface area contributed by atoms with Gasteiger partial charge in [0, 0.05) is 45.8 Å². The molecule has 1 N–H and O–H groups in total. The second-order valence-electron chi connectivity index (χ2n) is 5.20. The molecule has 0 unspecified atom stereocenters. The van der Waals surface area contributed by atoms with Crippen LogP contribution in [-0.2, 0) is 23.6 Å². The lowest BCUT2D eigenvalue weighted by molar-refractivity contribution is 0.517. The second kappa shape index (κ2) is 6.08. The van der Waals surface area contributed by atoms with Gasteiger partial charge in [-0.05, 0) is 18.6 Å². The van der Waals surface area contributed by atoms with Crippen LogP contribution in [0.5, 0.6) is 0 Å². The van der Waals surface area contributed by atoms with E-state index in [2.05, 4.69) is 15.4 Å². The van der Waals surface area contributed by atoms with Crippen LogP contribution < -0.4 is 5.32 Å². The molecule has 116 valence electrons. The van der Waals surface area contributed by atoms with Crippen molar-refractivity contribution in [3.05, 3.63) is 23.5 Å². The molecular weight excluding hydrogens is 290 g/mol. The van der Waals surface area contributed by atoms with Gasteiger partial charge in [0.2, 0.25) is 10.0 Å². The van der Waals surface area contributed by atoms with Crippen LogP contribution in [0.1, 0.15) is 11.3 Å². The molecule has 0 aromatic carbocycles. The van der Waals surface area contributed by atoms with Crippen molar-refractivity contribution >= 4 is 21.1 Å². The highest BCUT2D eigenvalue weighted by Gasteiger charge is 2.12. The summed E-state index contributed by atoms with van der Waals surface area (Å²) < 4.78 is 26.2. The number of nitrogens with zero attached hydrogens (tertiary/aromatic N) is 4. The maximum absolute atomic E-state index is 11.6. The molecule has 2 heterocycles. The van der Waals surface area contributed by atoms with E-state index in [0.717, 1.165) is 22.3 Å². The van der Waals surface area contributed by atoms with Crippen LogP contribution in [0, 0.1) is 6.92 Å². The molecule has 8 heteroatoms. The molecule has 0 saturated carbocycles. The standard InChI is InChI=1S/C13H21N5O2S/c1-10-12-7-11(9-15-13(12)18(4)16-10)8-14-5-6-21(19,20)17(2)3/h7,9,14H,5-6,8H2,1-4H3. The molecule has 0 aliphatic heterocycles. The monoisotopic (exact) mass is 311 g/mol. The molecule has 7 nitrogen and oxygen atoms in total. The first kappa shape index (κ1) is 15.9. The van der Waals surface area contributed by atoms with Gasteiger partial charge in [-0.15, -0.1) is 0 Å². The molecule has 0 bridgehead atoms. The molecule has 0 aliphatic rings. The van der Waals surface area contributed by atoms with Gasteiger partial charge >= 0.3 is 0 Å². The lowest BCUT2D eigenvalue weighted by Gasteiger charge is -2.11. The average Bonchev–Trinajstić information content (AvgIpc) is 2.70. The fourth-order valence-corrected chi connectivity index (χ4v) is 2.83. The van der Waals surface area contributed by atoms with E-state index in [0.29, 0.717) is 13.1 Å². The number of hydrogen-bond donors (Lipinski definition) is 1. The van der Waals surface area contributed by atoms with Crippen molar-refractivity contribution < 1.29 is 8.42 Å². The lowest BCUT2D eigenvalue weighted by atomic mass is 10.2. The molecule has 0 spiro atoms. The third-order valence-corrected chi connectivity index (χ3v) is 5.17. The first-order valence-electron chi connectivity index (χ1n) is 6.70. The predicted octanol–water partition coefficient (Wildman–Crippen LogP) is 0.258. The number of nitrogens with one attached hydrogen (secondary N) is 1. The highest BCUT2D eigenvalue weighted by molar-refractivity contribution is 7.89. The summed E-state index contributed by atoms with van der Waals surface area (Å²) in [5, 5.41) is 8.48. The van der Waals surface area contributed by atoms with E-state index in [1.54, 1.807) is 25.0 Å². The summed E-state index contributed by atoms with van der Waals surface area (Å²) >= 11 is 0. The Morgan fingerprint density at radius 3 is 2.76 bits per heavy atom. The Balaban J connectivity index is 1.97. The molecule has 0 aliphatic carbocycles. The van der Waals surface area contributed by atoms with Crippen molar-refractivity contribution in [2.75, 3.05) is 26.4 Å². The van der Waals surface area contributed by atoms with Crippen LogP contribution in [0.3, 0.4) is 0 Å². The number of aromatic nitrogens is 3. The van der Waals surface area contributed by atoms with Crippen LogP contribution in [-0.4, -0.2) is 53.9 Å². The molecular formula is C13H21N5O2S. The molecule has 2 rings (SSSR count). The van der Waals surface area contributed by atoms with Crippen LogP contribution in [0.15, 0.2) is 12.3 Å². The zero-order valence-corrected chi connectivity index (χ0v) is 13.6. The van der Waals surface area contributed by atoms with Crippen molar-refractivity contribution in [3.63, 3.8) is 0 Å². The summed E-state index contributed by atoms with van der Waals surface area (Å²) in [5.41, 5.74) is 2.81. The van der Waals surface area contributed by atoms with Crippen molar-refractivity contribution in [2.24, 2.45) is 7.05 Å². The minimum absolute atomic E-state index is 0.0849. The number of sulfonamides is 1. The van der Waals surface area contributed by atoms with E-state index in [4.69, 9.17) is 0 Å². The average molecular weight is 311 g/mol. The highest BCUT2D eigenvalue weighted by Crippen LogP contribution is 2.16. The minimum atomic E-state index is -3.15. The van der Waals surface area contributed by atoms with Crippen LogP contribution >= 0.6 is 0 Å². The van der Waals surface area contributed by atoms with Crippen LogP contribution in [0.25, 0.3) is 11.0 Å². The second-order valence-corrected chi connectivity index (χ2v) is 7.50. The lowest BCUT2D eigenvalue weighted by Crippen LogP contribution is -2.31. The van der Waals surface area contributed by atoms with E-state index < -0.39 is 10.0 Å². The summed E-state index contributed by atoms with van der Waals surface area (Å²) in [6.45, 7) is 2.94. The Morgan fingerprint density at radius 2 is 2.10 bits per heavy atom. The van der Waals surface area contributed by atoms with Crippen molar-refractivity contribution in [1.82, 2.24) is 24.4 Å². The zero-order chi connectivity index (χ0) is 15.6. The Kier molecular flexibility index (Phi) is 4.60. The third-order valence-electron chi connectivity index (χ3n) is 3.34. The number of fused-ring (bicyclic) bond motifs is 1. The molecule has 0 amide bonds. The Bertz CT molecular complexity index is 736. The summed E-state index contributed by atoms with van der Waals surface area (Å²) in [7, 11) is 1.80. The molecule has 0 radical (unpaired) electrons. The van der Waals surface area contributed by atoms with E-state index in [1.807, 2.05) is 20.0 Å². The highest BCUT2D eigenvalue weighted by atomic mass is 32.2. The Morgan fingerprint density at radius 1 is 1.38 bits per heavy atom. The van der Waals surface area contributed by atoms with Crippen molar-refractivity contribution in [1.29, 1.82) is 0 Å². The maximum atomic E-state index is 11.6.